The van der Waals surface area contributed by atoms with Crippen molar-refractivity contribution in [1.82, 2.24) is 24.5 Å². The lowest BCUT2D eigenvalue weighted by Gasteiger charge is -2.53. The van der Waals surface area contributed by atoms with Crippen LogP contribution in [0.5, 0.6) is 5.75 Å². The Kier molecular flexibility index (Phi) is 4.49. The summed E-state index contributed by atoms with van der Waals surface area (Å²) in [6.07, 6.45) is 7.47. The lowest BCUT2D eigenvalue weighted by molar-refractivity contribution is -0.175. The van der Waals surface area contributed by atoms with Crippen LogP contribution >= 0.6 is 0 Å². The Labute approximate surface area is 219 Å². The van der Waals surface area contributed by atoms with Gasteiger partial charge in [-0.25, -0.2) is 9.37 Å². The Bertz CT molecular complexity index is 1610. The van der Waals surface area contributed by atoms with Gasteiger partial charge in [-0.15, -0.1) is 0 Å². The molecule has 0 amide bonds. The van der Waals surface area contributed by atoms with Crippen LogP contribution in [0.15, 0.2) is 36.7 Å². The zero-order chi connectivity index (χ0) is 25.8. The third-order valence-corrected chi connectivity index (χ3v) is 8.94. The molecule has 2 fully saturated rings. The van der Waals surface area contributed by atoms with Gasteiger partial charge in [0.25, 0.3) is 0 Å². The predicted molar refractivity (Wildman–Crippen MR) is 139 cm³/mol. The van der Waals surface area contributed by atoms with Gasteiger partial charge >= 0.3 is 0 Å². The highest BCUT2D eigenvalue weighted by molar-refractivity contribution is 5.74. The number of aromatic nitrogens is 5. The number of nitrogens with two attached hydrogens (primary N) is 1. The summed E-state index contributed by atoms with van der Waals surface area (Å²) in [5, 5.41) is 10.1. The van der Waals surface area contributed by atoms with Crippen molar-refractivity contribution in [3.63, 3.8) is 0 Å². The Morgan fingerprint density at radius 3 is 2.76 bits per heavy atom. The van der Waals surface area contributed by atoms with Gasteiger partial charge in [-0.1, -0.05) is 0 Å². The number of pyridine rings is 1. The van der Waals surface area contributed by atoms with Crippen molar-refractivity contribution in [1.29, 1.82) is 0 Å². The van der Waals surface area contributed by atoms with E-state index >= 15 is 0 Å². The number of nitrogens with zero attached hydrogens (tertiary/aromatic N) is 5. The summed E-state index contributed by atoms with van der Waals surface area (Å²) in [5.74, 6) is 0.599. The van der Waals surface area contributed by atoms with Gasteiger partial charge in [0, 0.05) is 58.6 Å². The molecule has 5 heterocycles. The second-order valence-electron chi connectivity index (χ2n) is 11.5. The fraction of sp³-hybridized carbons (Fsp3) is 0.414. The number of aryl methyl sites for hydroxylation is 2. The van der Waals surface area contributed by atoms with Crippen LogP contribution in [0.2, 0.25) is 0 Å². The maximum atomic E-state index is 14.5. The molecule has 2 aliphatic carbocycles. The summed E-state index contributed by atoms with van der Waals surface area (Å²) in [4.78, 5) is 4.54. The molecule has 2 bridgehead atoms. The summed E-state index contributed by atoms with van der Waals surface area (Å²) in [6.45, 7) is 3.61. The highest BCUT2D eigenvalue weighted by atomic mass is 19.1. The molecule has 2 aliphatic heterocycles. The number of ether oxygens (including phenoxy) is 2. The van der Waals surface area contributed by atoms with Gasteiger partial charge in [-0.05, 0) is 56.9 Å². The molecule has 38 heavy (non-hydrogen) atoms. The molecule has 4 aromatic rings. The molecule has 9 heteroatoms. The number of benzene rings is 1. The standard InChI is InChI=1S/C29H29FN6O2/c1-15-21-8-17(30)3-4-20(21)26-22(12-35(2)34-26)19-5-6-23-25(19)27(16-7-24(38-15)28(31)32-11-16)36(33-23)18-9-29(10-18)13-37-14-29/h3-4,7-8,11-12,15,18-19H,5-6,9-10,13-14H2,1-2H3,(H2,31,32)/t15-,19?/m1/s1. The van der Waals surface area contributed by atoms with Gasteiger partial charge in [0.1, 0.15) is 11.9 Å². The minimum absolute atomic E-state index is 0.119. The maximum absolute atomic E-state index is 14.5. The molecule has 4 aliphatic rings. The van der Waals surface area contributed by atoms with Gasteiger partial charge in [0.15, 0.2) is 11.6 Å². The zero-order valence-corrected chi connectivity index (χ0v) is 21.4. The van der Waals surface area contributed by atoms with Gasteiger partial charge < -0.3 is 15.2 Å². The van der Waals surface area contributed by atoms with E-state index in [1.165, 1.54) is 17.7 Å². The fourth-order valence-electron chi connectivity index (χ4n) is 7.06. The molecule has 2 atom stereocenters. The van der Waals surface area contributed by atoms with Crippen LogP contribution in [0.1, 0.15) is 66.6 Å². The first kappa shape index (κ1) is 22.3. The minimum atomic E-state index is -0.469. The average molecular weight is 513 g/mol. The molecule has 1 saturated heterocycles. The fourth-order valence-corrected chi connectivity index (χ4v) is 7.06. The Morgan fingerprint density at radius 1 is 1.13 bits per heavy atom. The van der Waals surface area contributed by atoms with Gasteiger partial charge in [-0.2, -0.15) is 10.2 Å². The molecule has 1 saturated carbocycles. The van der Waals surface area contributed by atoms with E-state index in [4.69, 9.17) is 25.4 Å². The number of hydrogen-bond acceptors (Lipinski definition) is 6. The van der Waals surface area contributed by atoms with Crippen molar-refractivity contribution < 1.29 is 13.9 Å². The Hall–Kier alpha value is -3.72. The van der Waals surface area contributed by atoms with Crippen molar-refractivity contribution >= 4 is 5.82 Å². The third kappa shape index (κ3) is 3.08. The monoisotopic (exact) mass is 512 g/mol. The highest BCUT2D eigenvalue weighted by Gasteiger charge is 2.52. The molecule has 194 valence electrons. The molecule has 2 N–H and O–H groups in total. The minimum Gasteiger partial charge on any atom is -0.482 e. The van der Waals surface area contributed by atoms with E-state index in [0.29, 0.717) is 23.0 Å². The first-order valence-corrected chi connectivity index (χ1v) is 13.3. The van der Waals surface area contributed by atoms with Crippen LogP contribution < -0.4 is 10.5 Å². The van der Waals surface area contributed by atoms with Crippen LogP contribution in [-0.4, -0.2) is 37.8 Å². The number of halogens is 1. The van der Waals surface area contributed by atoms with Crippen molar-refractivity contribution in [2.75, 3.05) is 18.9 Å². The van der Waals surface area contributed by atoms with Gasteiger partial charge in [0.2, 0.25) is 0 Å². The number of hydrogen-bond donors (Lipinski definition) is 1. The molecular formula is C29H29FN6O2. The maximum Gasteiger partial charge on any atom is 0.166 e. The highest BCUT2D eigenvalue weighted by Crippen LogP contribution is 2.56. The van der Waals surface area contributed by atoms with Crippen molar-refractivity contribution in [3.8, 4) is 28.3 Å². The quantitative estimate of drug-likeness (QED) is 0.388. The van der Waals surface area contributed by atoms with Gasteiger partial charge in [0.05, 0.1) is 36.3 Å². The number of rotatable bonds is 1. The van der Waals surface area contributed by atoms with Crippen LogP contribution in [0, 0.1) is 11.2 Å². The molecule has 8 nitrogen and oxygen atoms in total. The van der Waals surface area contributed by atoms with Gasteiger partial charge in [-0.3, -0.25) is 9.36 Å². The first-order valence-electron chi connectivity index (χ1n) is 13.3. The Morgan fingerprint density at radius 2 is 1.97 bits per heavy atom. The van der Waals surface area contributed by atoms with Crippen molar-refractivity contribution in [3.05, 3.63) is 64.9 Å². The van der Waals surface area contributed by atoms with Crippen LogP contribution in [-0.2, 0) is 18.2 Å². The summed E-state index contributed by atoms with van der Waals surface area (Å²) >= 11 is 0. The zero-order valence-electron chi connectivity index (χ0n) is 21.4. The van der Waals surface area contributed by atoms with E-state index in [2.05, 4.69) is 15.9 Å². The summed E-state index contributed by atoms with van der Waals surface area (Å²) in [7, 11) is 1.94. The molecule has 1 aromatic carbocycles. The lowest BCUT2D eigenvalue weighted by Crippen LogP contribution is -2.52. The summed E-state index contributed by atoms with van der Waals surface area (Å²) in [6, 6.07) is 7.15. The number of fused-ring (bicyclic) bond motifs is 7. The molecular weight excluding hydrogens is 483 g/mol. The Balaban J connectivity index is 1.38. The summed E-state index contributed by atoms with van der Waals surface area (Å²) < 4.78 is 30.5. The summed E-state index contributed by atoms with van der Waals surface area (Å²) in [5.41, 5.74) is 14.6. The third-order valence-electron chi connectivity index (χ3n) is 8.94. The van der Waals surface area contributed by atoms with Crippen LogP contribution in [0.4, 0.5) is 10.2 Å². The van der Waals surface area contributed by atoms with E-state index in [1.807, 2.05) is 37.0 Å². The predicted octanol–water partition coefficient (Wildman–Crippen LogP) is 4.95. The lowest BCUT2D eigenvalue weighted by atomic mass is 9.64. The second kappa shape index (κ2) is 7.66. The van der Waals surface area contributed by atoms with E-state index in [9.17, 15) is 4.39 Å². The smallest absolute Gasteiger partial charge is 0.166 e. The number of nitrogen functional groups attached to an aromatic ring is 1. The topological polar surface area (TPSA) is 93.0 Å². The number of anilines is 1. The van der Waals surface area contributed by atoms with E-state index < -0.39 is 6.10 Å². The largest absolute Gasteiger partial charge is 0.482 e. The van der Waals surface area contributed by atoms with Crippen molar-refractivity contribution in [2.45, 2.75) is 50.7 Å². The molecule has 1 spiro atoms. The van der Waals surface area contributed by atoms with E-state index in [-0.39, 0.29) is 11.7 Å². The van der Waals surface area contributed by atoms with E-state index in [0.717, 1.165) is 78.2 Å². The van der Waals surface area contributed by atoms with Crippen LogP contribution in [0.25, 0.3) is 22.5 Å². The normalized spacial score (nSPS) is 22.8. The molecule has 0 radical (unpaired) electrons. The van der Waals surface area contributed by atoms with E-state index in [1.54, 1.807) is 0 Å². The average Bonchev–Trinajstić information content (AvgIpc) is 3.51. The second-order valence-corrected chi connectivity index (χ2v) is 11.5. The molecule has 8 rings (SSSR count). The SMILES string of the molecule is C[C@H]1Oc2cc(cnc2N)-c2c3c(nn2C2CC4(COC4)C2)CCC3c2cn(C)nc2-c2ccc(F)cc21. The first-order chi connectivity index (χ1) is 18.4. The molecule has 1 unspecified atom stereocenters. The molecule has 3 aromatic heterocycles. The van der Waals surface area contributed by atoms with Crippen molar-refractivity contribution in [2.24, 2.45) is 12.5 Å². The van der Waals surface area contributed by atoms with Crippen LogP contribution in [0.3, 0.4) is 0 Å².